The summed E-state index contributed by atoms with van der Waals surface area (Å²) >= 11 is 0. The van der Waals surface area contributed by atoms with Crippen molar-refractivity contribution in [2.24, 2.45) is 0 Å². The lowest BCUT2D eigenvalue weighted by atomic mass is 9.78. The van der Waals surface area contributed by atoms with Crippen LogP contribution in [0.25, 0.3) is 77.9 Å². The summed E-state index contributed by atoms with van der Waals surface area (Å²) in [6.45, 7) is 17.8. The highest BCUT2D eigenvalue weighted by Crippen LogP contribution is 2.56. The molecule has 0 amide bonds. The molecule has 15 rings (SSSR count). The molecule has 13 aromatic rings. The summed E-state index contributed by atoms with van der Waals surface area (Å²) in [7, 11) is 0. The Hall–Kier alpha value is -11.0. The number of pyridine rings is 1. The largest absolute Gasteiger partial charge is 0.321 e. The SMILES string of the molecule is [2H]c1c([2H])c([2H])c(-c2cccc(-c3cc(C(C)(C)C)cc(C(C)(C)C)c3)c2N2CN(c3cc(N(c4cc(-c5ccccc5)cc(-c5ccccc5)c4)c4ccc5c(c4)N(c4cc(C([2H])([2H])[2H])c(-c6ccccc6)cn4)c4ccccc4-c4ccccc4-5)cc(C(C)(C)C)c3)c3ccccc32)c([2H])c1[2H]. The van der Waals surface area contributed by atoms with Crippen molar-refractivity contribution in [3.63, 3.8) is 0 Å². The van der Waals surface area contributed by atoms with Crippen molar-refractivity contribution in [1.82, 2.24) is 4.98 Å². The lowest BCUT2D eigenvalue weighted by molar-refractivity contribution is 0.569. The first-order valence-electron chi connectivity index (χ1n) is 37.1. The first-order chi connectivity index (χ1) is 49.7. The molecule has 0 saturated heterocycles. The number of nitrogens with zero attached hydrogens (tertiary/aromatic N) is 5. The molecule has 0 saturated carbocycles. The molecule has 3 heterocycles. The Morgan fingerprint density at radius 3 is 1.45 bits per heavy atom. The van der Waals surface area contributed by atoms with Crippen molar-refractivity contribution in [2.45, 2.75) is 85.4 Å². The van der Waals surface area contributed by atoms with Gasteiger partial charge in [0.2, 0.25) is 0 Å². The lowest BCUT2D eigenvalue weighted by Gasteiger charge is -2.33. The minimum absolute atomic E-state index is 0.121. The molecule has 0 aliphatic carbocycles. The van der Waals surface area contributed by atoms with Gasteiger partial charge in [0, 0.05) is 60.9 Å². The Bertz CT molecular complexity index is 5380. The van der Waals surface area contributed by atoms with Crippen LogP contribution in [-0.2, 0) is 16.2 Å². The summed E-state index contributed by atoms with van der Waals surface area (Å²) in [5.41, 5.74) is 22.0. The molecule has 96 heavy (non-hydrogen) atoms. The molecule has 470 valence electrons. The highest BCUT2D eigenvalue weighted by atomic mass is 15.4. The van der Waals surface area contributed by atoms with Gasteiger partial charge >= 0.3 is 0 Å². The molecule has 1 aromatic heterocycles. The Morgan fingerprint density at radius 2 is 0.854 bits per heavy atom. The van der Waals surface area contributed by atoms with E-state index < -0.39 is 30.4 Å². The highest BCUT2D eigenvalue weighted by molar-refractivity contribution is 6.04. The number of aryl methyl sites for hydroxylation is 1. The van der Waals surface area contributed by atoms with Crippen molar-refractivity contribution in [3.05, 3.63) is 320 Å². The molecule has 0 N–H and O–H groups in total. The Morgan fingerprint density at radius 1 is 0.354 bits per heavy atom. The molecule has 0 bridgehead atoms. The standard InChI is InChI=1S/C91H81N5/c1-61-48-87(92-59-82(61)65-36-21-14-22-37-65)96-83-43-26-25-40-80(83)78-38-23-24-39-79(78)81-47-46-72(58-86(81)96)95(74-52-66(62-30-15-11-16-31-62)49-67(53-74)63-32-17-12-18-33-63)75-56-71(91(8,9)10)55-73(57-75)93-60-94(85-45-28-27-44-84(85)93)88-76(64-34-19-13-20-35-64)41-29-42-77(88)68-50-69(89(2,3)4)54-70(51-68)90(5,6)7/h11-59H,60H2,1-10H3/i1D3,13D,19D,20D,34D,35D. The zero-order valence-corrected chi connectivity index (χ0v) is 55.8. The lowest BCUT2D eigenvalue weighted by Crippen LogP contribution is -2.26. The van der Waals surface area contributed by atoms with Crippen LogP contribution < -0.4 is 19.6 Å². The molecule has 2 aliphatic heterocycles. The smallest absolute Gasteiger partial charge is 0.137 e. The number of para-hydroxylation sites is 4. The molecular formula is C91H81N5. The van der Waals surface area contributed by atoms with Crippen LogP contribution in [0.2, 0.25) is 0 Å². The maximum absolute atomic E-state index is 9.60. The minimum atomic E-state index is -2.51. The molecule has 0 atom stereocenters. The summed E-state index contributed by atoms with van der Waals surface area (Å²) < 4.78 is 73.4. The van der Waals surface area contributed by atoms with Gasteiger partial charge in [0.1, 0.15) is 12.5 Å². The molecule has 12 aromatic carbocycles. The average Bonchev–Trinajstić information content (AvgIpc) is 1.23. The average molecular weight is 1250 g/mol. The van der Waals surface area contributed by atoms with E-state index in [4.69, 9.17) is 13.2 Å². The third-order valence-electron chi connectivity index (χ3n) is 18.9. The number of hydrogen-bond acceptors (Lipinski definition) is 5. The molecule has 0 radical (unpaired) electrons. The van der Waals surface area contributed by atoms with Crippen molar-refractivity contribution >= 4 is 57.0 Å². The van der Waals surface area contributed by atoms with Gasteiger partial charge < -0.3 is 14.7 Å². The van der Waals surface area contributed by atoms with Gasteiger partial charge in [-0.2, -0.15) is 0 Å². The van der Waals surface area contributed by atoms with Crippen LogP contribution in [0.15, 0.2) is 297 Å². The van der Waals surface area contributed by atoms with Crippen molar-refractivity contribution in [3.8, 4) is 77.9 Å². The number of hydrogen-bond donors (Lipinski definition) is 0. The summed E-state index contributed by atoms with van der Waals surface area (Å²) in [6.07, 6.45) is 1.71. The Kier molecular flexibility index (Phi) is 13.3. The molecule has 0 fully saturated rings. The van der Waals surface area contributed by atoms with E-state index in [1.54, 1.807) is 12.3 Å². The monoisotopic (exact) mass is 1250 g/mol. The van der Waals surface area contributed by atoms with E-state index in [1.165, 1.54) is 0 Å². The summed E-state index contributed by atoms with van der Waals surface area (Å²) in [6, 6.07) is 88.7. The molecule has 5 nitrogen and oxygen atoms in total. The van der Waals surface area contributed by atoms with Gasteiger partial charge in [-0.25, -0.2) is 4.98 Å². The van der Waals surface area contributed by atoms with E-state index in [1.807, 2.05) is 72.8 Å². The van der Waals surface area contributed by atoms with E-state index in [0.29, 0.717) is 22.6 Å². The van der Waals surface area contributed by atoms with E-state index in [9.17, 15) is 2.74 Å². The number of rotatable bonds is 11. The van der Waals surface area contributed by atoms with Crippen LogP contribution >= 0.6 is 0 Å². The van der Waals surface area contributed by atoms with Crippen molar-refractivity contribution < 1.29 is 11.0 Å². The normalized spacial score (nSPS) is 14.1. The number of anilines is 10. The third kappa shape index (κ3) is 11.5. The van der Waals surface area contributed by atoms with Gasteiger partial charge in [-0.15, -0.1) is 0 Å². The predicted octanol–water partition coefficient (Wildman–Crippen LogP) is 25.5. The fourth-order valence-electron chi connectivity index (χ4n) is 13.7. The molecule has 2 aliphatic rings. The second-order valence-electron chi connectivity index (χ2n) is 28.4. The van der Waals surface area contributed by atoms with Crippen LogP contribution in [0.4, 0.5) is 57.0 Å². The second kappa shape index (κ2) is 24.4. The van der Waals surface area contributed by atoms with Crippen molar-refractivity contribution in [1.29, 1.82) is 0 Å². The topological polar surface area (TPSA) is 25.9 Å². The van der Waals surface area contributed by atoms with Gasteiger partial charge in [-0.05, 0) is 168 Å². The van der Waals surface area contributed by atoms with E-state index >= 15 is 0 Å². The van der Waals surface area contributed by atoms with Gasteiger partial charge in [0.05, 0.1) is 35.3 Å². The van der Waals surface area contributed by atoms with E-state index in [0.717, 1.165) is 123 Å². The number of benzene rings is 12. The van der Waals surface area contributed by atoms with Gasteiger partial charge in [-0.3, -0.25) is 4.90 Å². The summed E-state index contributed by atoms with van der Waals surface area (Å²) in [5.74, 6) is 0.445. The van der Waals surface area contributed by atoms with E-state index in [-0.39, 0.29) is 40.7 Å². The van der Waals surface area contributed by atoms with Crippen LogP contribution in [0, 0.1) is 6.85 Å². The van der Waals surface area contributed by atoms with Gasteiger partial charge in [0.25, 0.3) is 0 Å². The molecule has 0 unspecified atom stereocenters. The predicted molar refractivity (Wildman–Crippen MR) is 408 cm³/mol. The van der Waals surface area contributed by atoms with Gasteiger partial charge in [-0.1, -0.05) is 281 Å². The zero-order valence-electron chi connectivity index (χ0n) is 63.8. The highest BCUT2D eigenvalue weighted by Gasteiger charge is 2.35. The first-order valence-corrected chi connectivity index (χ1v) is 33.1. The molecular weight excluding hydrogens is 1160 g/mol. The van der Waals surface area contributed by atoms with Crippen molar-refractivity contribution in [2.75, 3.05) is 26.3 Å². The second-order valence-corrected chi connectivity index (χ2v) is 28.4. The van der Waals surface area contributed by atoms with Crippen LogP contribution in [0.1, 0.15) is 95.5 Å². The van der Waals surface area contributed by atoms with E-state index in [2.05, 4.69) is 264 Å². The molecule has 0 spiro atoms. The molecule has 5 heteroatoms. The maximum Gasteiger partial charge on any atom is 0.137 e. The minimum Gasteiger partial charge on any atom is -0.321 e. The fraction of sp³-hybridized carbons (Fsp3) is 0.154. The zero-order chi connectivity index (χ0) is 72.9. The van der Waals surface area contributed by atoms with Crippen LogP contribution in [0.5, 0.6) is 0 Å². The quantitative estimate of drug-likeness (QED) is 0.129. The van der Waals surface area contributed by atoms with Crippen LogP contribution in [0.3, 0.4) is 0 Å². The summed E-state index contributed by atoms with van der Waals surface area (Å²) in [5, 5.41) is 0. The Balaban J connectivity index is 0.994. The van der Waals surface area contributed by atoms with Gasteiger partial charge in [0.15, 0.2) is 0 Å². The number of aromatic nitrogens is 1. The fourth-order valence-corrected chi connectivity index (χ4v) is 13.7. The van der Waals surface area contributed by atoms with Crippen LogP contribution in [-0.4, -0.2) is 11.7 Å². The summed E-state index contributed by atoms with van der Waals surface area (Å²) in [4.78, 5) is 14.4. The number of fused-ring (bicyclic) bond motifs is 6. The maximum atomic E-state index is 9.60. The Labute approximate surface area is 579 Å². The first kappa shape index (κ1) is 52.4. The third-order valence-corrected chi connectivity index (χ3v) is 18.9.